The third-order valence-electron chi connectivity index (χ3n) is 1.19. The molecule has 0 aliphatic carbocycles. The number of hydrogen-bond donors (Lipinski definition) is 4. The van der Waals surface area contributed by atoms with Crippen LogP contribution in [-0.4, -0.2) is 39.1 Å². The van der Waals surface area contributed by atoms with E-state index < -0.39 is 0 Å². The van der Waals surface area contributed by atoms with Gasteiger partial charge in [-0.15, -0.1) is 0 Å². The Bertz CT molecular complexity index is 163. The summed E-state index contributed by atoms with van der Waals surface area (Å²) in [6.07, 6.45) is 0. The molecule has 0 amide bonds. The summed E-state index contributed by atoms with van der Waals surface area (Å²) in [6, 6.07) is 0. The van der Waals surface area contributed by atoms with Crippen LogP contribution in [0.5, 0.6) is 0 Å². The molecule has 86 valence electrons. The molecule has 6 nitrogen and oxygen atoms in total. The van der Waals surface area contributed by atoms with E-state index in [1.54, 1.807) is 7.05 Å². The summed E-state index contributed by atoms with van der Waals surface area (Å²) in [6.45, 7) is 2.01. The lowest BCUT2D eigenvalue weighted by molar-refractivity contribution is 0.942. The fourth-order valence-corrected chi connectivity index (χ4v) is 0.582. The first-order valence-electron chi connectivity index (χ1n) is 3.63. The molecular weight excluding hydrogens is 180 g/mol. The van der Waals surface area contributed by atoms with E-state index in [2.05, 4.69) is 20.6 Å². The van der Waals surface area contributed by atoms with Crippen LogP contribution in [0.25, 0.3) is 0 Å². The maximum absolute atomic E-state index is 4.82. The summed E-state index contributed by atoms with van der Waals surface area (Å²) in [7, 11) is 3.30. The standard InChI is InChI=1S/C4H9N3.C2H7N3.2CH4/c1-5-4-6-2-3-7-4;1-5-2(3)4;;/h2-3H2,1H3,(H2,5,6,7);1H3,(H4,3,4,5);2*1H4. The number of nitrogens with two attached hydrogens (primary N) is 2. The van der Waals surface area contributed by atoms with Gasteiger partial charge in [0.1, 0.15) is 0 Å². The summed E-state index contributed by atoms with van der Waals surface area (Å²) in [5.41, 5.74) is 9.64. The molecular formula is C8H24N6. The van der Waals surface area contributed by atoms with Crippen LogP contribution in [0.3, 0.4) is 0 Å². The molecule has 0 aromatic carbocycles. The third-order valence-corrected chi connectivity index (χ3v) is 1.19. The van der Waals surface area contributed by atoms with Crippen molar-refractivity contribution in [3.63, 3.8) is 0 Å². The first-order valence-corrected chi connectivity index (χ1v) is 3.63. The average molecular weight is 204 g/mol. The van der Waals surface area contributed by atoms with Crippen molar-refractivity contribution >= 4 is 11.9 Å². The molecule has 14 heavy (non-hydrogen) atoms. The maximum Gasteiger partial charge on any atom is 0.191 e. The van der Waals surface area contributed by atoms with Gasteiger partial charge >= 0.3 is 0 Å². The van der Waals surface area contributed by atoms with Crippen molar-refractivity contribution in [3.05, 3.63) is 0 Å². The van der Waals surface area contributed by atoms with E-state index in [4.69, 9.17) is 11.5 Å². The first-order chi connectivity index (χ1) is 5.70. The van der Waals surface area contributed by atoms with Gasteiger partial charge in [0, 0.05) is 27.2 Å². The van der Waals surface area contributed by atoms with Crippen molar-refractivity contribution < 1.29 is 0 Å². The van der Waals surface area contributed by atoms with Gasteiger partial charge in [-0.1, -0.05) is 14.9 Å². The van der Waals surface area contributed by atoms with Crippen molar-refractivity contribution in [2.75, 3.05) is 27.2 Å². The average Bonchev–Trinajstić information content (AvgIpc) is 2.57. The highest BCUT2D eigenvalue weighted by Crippen LogP contribution is 1.72. The minimum absolute atomic E-state index is 0. The van der Waals surface area contributed by atoms with Crippen LogP contribution in [0.1, 0.15) is 14.9 Å². The largest absolute Gasteiger partial charge is 0.370 e. The summed E-state index contributed by atoms with van der Waals surface area (Å²) in [5.74, 6) is 1.05. The highest BCUT2D eigenvalue weighted by Gasteiger charge is 2.00. The second kappa shape index (κ2) is 11.5. The van der Waals surface area contributed by atoms with Crippen LogP contribution < -0.4 is 22.1 Å². The number of aliphatic imine (C=N–C) groups is 2. The number of rotatable bonds is 0. The van der Waals surface area contributed by atoms with Crippen LogP contribution in [-0.2, 0) is 0 Å². The third kappa shape index (κ3) is 10.5. The lowest BCUT2D eigenvalue weighted by Crippen LogP contribution is -2.23. The molecule has 0 unspecified atom stereocenters. The van der Waals surface area contributed by atoms with Gasteiger partial charge in [0.15, 0.2) is 11.9 Å². The highest BCUT2D eigenvalue weighted by atomic mass is 15.2. The predicted octanol–water partition coefficient (Wildman–Crippen LogP) is -0.673. The van der Waals surface area contributed by atoms with Gasteiger partial charge in [0.05, 0.1) is 0 Å². The normalized spacial score (nSPS) is 11.4. The molecule has 1 heterocycles. The molecule has 1 fully saturated rings. The van der Waals surface area contributed by atoms with Crippen LogP contribution in [0.2, 0.25) is 0 Å². The van der Waals surface area contributed by atoms with E-state index in [-0.39, 0.29) is 20.8 Å². The fourth-order valence-electron chi connectivity index (χ4n) is 0.582. The van der Waals surface area contributed by atoms with E-state index >= 15 is 0 Å². The Morgan fingerprint density at radius 3 is 1.64 bits per heavy atom. The maximum atomic E-state index is 4.82. The number of nitrogens with one attached hydrogen (secondary N) is 2. The minimum Gasteiger partial charge on any atom is -0.370 e. The Balaban J connectivity index is -0.000000159. The Morgan fingerprint density at radius 1 is 1.14 bits per heavy atom. The van der Waals surface area contributed by atoms with Crippen LogP contribution in [0.4, 0.5) is 0 Å². The van der Waals surface area contributed by atoms with Crippen molar-refractivity contribution in [1.29, 1.82) is 0 Å². The lowest BCUT2D eigenvalue weighted by atomic mass is 10.7. The van der Waals surface area contributed by atoms with Gasteiger partial charge in [-0.3, -0.25) is 9.98 Å². The molecule has 0 saturated carbocycles. The van der Waals surface area contributed by atoms with Gasteiger partial charge in [0.25, 0.3) is 0 Å². The zero-order chi connectivity index (χ0) is 9.40. The summed E-state index contributed by atoms with van der Waals surface area (Å²) in [4.78, 5) is 7.24. The van der Waals surface area contributed by atoms with Crippen molar-refractivity contribution in [1.82, 2.24) is 10.6 Å². The van der Waals surface area contributed by atoms with E-state index in [1.165, 1.54) is 7.05 Å². The Hall–Kier alpha value is -1.46. The topological polar surface area (TPSA) is 101 Å². The molecule has 1 aliphatic heterocycles. The molecule has 0 bridgehead atoms. The first kappa shape index (κ1) is 18.3. The quantitative estimate of drug-likeness (QED) is 0.310. The van der Waals surface area contributed by atoms with Crippen molar-refractivity contribution in [2.24, 2.45) is 21.5 Å². The molecule has 1 saturated heterocycles. The SMILES string of the molecule is C.C.CN=C(N)N.CN=C1NCCN1. The number of nitrogens with zero attached hydrogens (tertiary/aromatic N) is 2. The van der Waals surface area contributed by atoms with E-state index in [0.29, 0.717) is 0 Å². The zero-order valence-corrected chi connectivity index (χ0v) is 7.46. The summed E-state index contributed by atoms with van der Waals surface area (Å²) < 4.78 is 0. The van der Waals surface area contributed by atoms with E-state index in [0.717, 1.165) is 19.0 Å². The van der Waals surface area contributed by atoms with Crippen LogP contribution in [0.15, 0.2) is 9.98 Å². The zero-order valence-electron chi connectivity index (χ0n) is 7.46. The molecule has 6 N–H and O–H groups in total. The van der Waals surface area contributed by atoms with Gasteiger partial charge in [-0.2, -0.15) is 0 Å². The molecule has 0 spiro atoms. The van der Waals surface area contributed by atoms with Crippen LogP contribution >= 0.6 is 0 Å². The summed E-state index contributed by atoms with van der Waals surface area (Å²) in [5, 5.41) is 6.09. The van der Waals surface area contributed by atoms with Crippen molar-refractivity contribution in [2.45, 2.75) is 14.9 Å². The summed E-state index contributed by atoms with van der Waals surface area (Å²) >= 11 is 0. The Labute approximate surface area is 86.9 Å². The number of guanidine groups is 2. The molecule has 1 aliphatic rings. The molecule has 0 radical (unpaired) electrons. The predicted molar refractivity (Wildman–Crippen MR) is 64.6 cm³/mol. The lowest BCUT2D eigenvalue weighted by Gasteiger charge is -1.90. The molecule has 0 aromatic heterocycles. The second-order valence-corrected chi connectivity index (χ2v) is 2.07. The van der Waals surface area contributed by atoms with E-state index in [9.17, 15) is 0 Å². The molecule has 1 rings (SSSR count). The molecule has 6 heteroatoms. The van der Waals surface area contributed by atoms with E-state index in [1.807, 2.05) is 0 Å². The van der Waals surface area contributed by atoms with Crippen LogP contribution in [0, 0.1) is 0 Å². The Morgan fingerprint density at radius 2 is 1.50 bits per heavy atom. The van der Waals surface area contributed by atoms with Gasteiger partial charge in [-0.25, -0.2) is 0 Å². The second-order valence-electron chi connectivity index (χ2n) is 2.07. The Kier molecular flexibility index (Phi) is 15.1. The van der Waals surface area contributed by atoms with Gasteiger partial charge in [0.2, 0.25) is 0 Å². The van der Waals surface area contributed by atoms with Gasteiger partial charge < -0.3 is 22.1 Å². The number of hydrogen-bond acceptors (Lipinski definition) is 2. The monoisotopic (exact) mass is 204 g/mol. The highest BCUT2D eigenvalue weighted by molar-refractivity contribution is 5.81. The minimum atomic E-state index is 0. The van der Waals surface area contributed by atoms with Gasteiger partial charge in [-0.05, 0) is 0 Å². The molecule has 0 aromatic rings. The smallest absolute Gasteiger partial charge is 0.191 e. The molecule has 0 atom stereocenters. The van der Waals surface area contributed by atoms with Crippen molar-refractivity contribution in [3.8, 4) is 0 Å². The fraction of sp³-hybridized carbons (Fsp3) is 0.750.